The molecule has 10 heteroatoms. The summed E-state index contributed by atoms with van der Waals surface area (Å²) in [5.41, 5.74) is 1.73. The van der Waals surface area contributed by atoms with Crippen LogP contribution in [0.1, 0.15) is 50.7 Å². The van der Waals surface area contributed by atoms with Gasteiger partial charge in [-0.1, -0.05) is 67.2 Å². The SMILES string of the molecule is CCc1ccccc1N(CC(=O)N(Cc1c(Cl)cccc1Cl)[C@H](C)C(=O)NC1CCCC1)S(C)(=O)=O. The third kappa shape index (κ3) is 6.93. The van der Waals surface area contributed by atoms with E-state index < -0.39 is 28.5 Å². The number of nitrogens with zero attached hydrogens (tertiary/aromatic N) is 2. The van der Waals surface area contributed by atoms with Crippen molar-refractivity contribution in [2.75, 3.05) is 17.1 Å². The van der Waals surface area contributed by atoms with Crippen LogP contribution in [0.4, 0.5) is 5.69 Å². The number of anilines is 1. The second-order valence-corrected chi connectivity index (χ2v) is 11.9. The lowest BCUT2D eigenvalue weighted by Crippen LogP contribution is -2.52. The highest BCUT2D eigenvalue weighted by atomic mass is 35.5. The summed E-state index contributed by atoms with van der Waals surface area (Å²) in [4.78, 5) is 28.2. The summed E-state index contributed by atoms with van der Waals surface area (Å²) in [6.07, 6.45) is 5.57. The number of carbonyl (C=O) groups is 2. The molecule has 2 aromatic carbocycles. The highest BCUT2D eigenvalue weighted by Gasteiger charge is 2.32. The van der Waals surface area contributed by atoms with Gasteiger partial charge in [-0.15, -0.1) is 0 Å². The zero-order valence-electron chi connectivity index (χ0n) is 20.8. The van der Waals surface area contributed by atoms with Gasteiger partial charge in [0.25, 0.3) is 0 Å². The van der Waals surface area contributed by atoms with Crippen molar-refractivity contribution in [3.05, 3.63) is 63.6 Å². The van der Waals surface area contributed by atoms with Gasteiger partial charge in [0.15, 0.2) is 0 Å². The Morgan fingerprint density at radius 2 is 1.67 bits per heavy atom. The molecular weight excluding hydrogens is 521 g/mol. The van der Waals surface area contributed by atoms with E-state index in [0.717, 1.165) is 41.8 Å². The first-order valence-corrected chi connectivity index (χ1v) is 14.7. The number of hydrogen-bond donors (Lipinski definition) is 1. The van der Waals surface area contributed by atoms with Crippen LogP contribution >= 0.6 is 23.2 Å². The molecule has 2 amide bonds. The van der Waals surface area contributed by atoms with Crippen molar-refractivity contribution in [3.8, 4) is 0 Å². The van der Waals surface area contributed by atoms with E-state index in [0.29, 0.717) is 27.7 Å². The highest BCUT2D eigenvalue weighted by molar-refractivity contribution is 7.92. The van der Waals surface area contributed by atoms with Crippen LogP contribution in [0.3, 0.4) is 0 Å². The van der Waals surface area contributed by atoms with Crippen LogP contribution in [-0.2, 0) is 32.6 Å². The second kappa shape index (κ2) is 12.3. The molecule has 2 aromatic rings. The topological polar surface area (TPSA) is 86.8 Å². The van der Waals surface area contributed by atoms with Crippen molar-refractivity contribution in [3.63, 3.8) is 0 Å². The zero-order chi connectivity index (χ0) is 26.5. The first kappa shape index (κ1) is 28.3. The first-order chi connectivity index (χ1) is 17.0. The van der Waals surface area contributed by atoms with Gasteiger partial charge in [-0.25, -0.2) is 8.42 Å². The van der Waals surface area contributed by atoms with Gasteiger partial charge in [-0.2, -0.15) is 0 Å². The maximum atomic E-state index is 13.7. The van der Waals surface area contributed by atoms with E-state index in [-0.39, 0.29) is 18.5 Å². The van der Waals surface area contributed by atoms with Gasteiger partial charge in [-0.3, -0.25) is 13.9 Å². The number of benzene rings is 2. The standard InChI is InChI=1S/C26H33Cl2N3O4S/c1-4-19-10-5-8-15-24(19)31(36(3,34)35)17-25(32)30(16-21-22(27)13-9-14-23(21)28)18(2)26(33)29-20-11-6-7-12-20/h5,8-10,13-15,18,20H,4,6-7,11-12,16-17H2,1-3H3,(H,29,33)/t18-/m1/s1. The number of carbonyl (C=O) groups excluding carboxylic acids is 2. The summed E-state index contributed by atoms with van der Waals surface area (Å²) in [5, 5.41) is 3.75. The Balaban J connectivity index is 1.95. The Morgan fingerprint density at radius 3 is 2.25 bits per heavy atom. The Hall–Kier alpha value is -2.29. The van der Waals surface area contributed by atoms with Gasteiger partial charge >= 0.3 is 0 Å². The van der Waals surface area contributed by atoms with Gasteiger partial charge in [0.2, 0.25) is 21.8 Å². The summed E-state index contributed by atoms with van der Waals surface area (Å²) in [7, 11) is -3.80. The molecule has 0 spiro atoms. The molecule has 1 N–H and O–H groups in total. The molecule has 0 unspecified atom stereocenters. The van der Waals surface area contributed by atoms with Gasteiger partial charge in [0.05, 0.1) is 11.9 Å². The normalized spacial score (nSPS) is 14.9. The van der Waals surface area contributed by atoms with E-state index >= 15 is 0 Å². The third-order valence-corrected chi connectivity index (χ3v) is 8.41. The van der Waals surface area contributed by atoms with Crippen LogP contribution in [0.2, 0.25) is 10.0 Å². The Labute approximate surface area is 223 Å². The third-order valence-electron chi connectivity index (χ3n) is 6.58. The van der Waals surface area contributed by atoms with Crippen LogP contribution < -0.4 is 9.62 Å². The van der Waals surface area contributed by atoms with Crippen LogP contribution in [0, 0.1) is 0 Å². The van der Waals surface area contributed by atoms with Crippen molar-refractivity contribution in [2.45, 2.75) is 64.6 Å². The average molecular weight is 555 g/mol. The number of hydrogen-bond acceptors (Lipinski definition) is 4. The lowest BCUT2D eigenvalue weighted by molar-refractivity contribution is -0.139. The van der Waals surface area contributed by atoms with Gasteiger partial charge in [0, 0.05) is 28.2 Å². The number of amides is 2. The smallest absolute Gasteiger partial charge is 0.244 e. The summed E-state index contributed by atoms with van der Waals surface area (Å²) < 4.78 is 26.7. The molecule has 1 fully saturated rings. The van der Waals surface area contributed by atoms with E-state index in [4.69, 9.17) is 23.2 Å². The van der Waals surface area contributed by atoms with Crippen molar-refractivity contribution in [2.24, 2.45) is 0 Å². The van der Waals surface area contributed by atoms with Crippen molar-refractivity contribution >= 4 is 50.7 Å². The Kier molecular flexibility index (Phi) is 9.66. The molecule has 0 aromatic heterocycles. The molecular formula is C26H33Cl2N3O4S. The van der Waals surface area contributed by atoms with Crippen molar-refractivity contribution in [1.29, 1.82) is 0 Å². The van der Waals surface area contributed by atoms with Gasteiger partial charge < -0.3 is 10.2 Å². The lowest BCUT2D eigenvalue weighted by atomic mass is 10.1. The lowest BCUT2D eigenvalue weighted by Gasteiger charge is -2.33. The van der Waals surface area contributed by atoms with E-state index in [2.05, 4.69) is 5.32 Å². The number of halogens is 2. The molecule has 1 aliphatic rings. The molecule has 3 rings (SSSR count). The molecule has 1 saturated carbocycles. The van der Waals surface area contributed by atoms with E-state index in [1.54, 1.807) is 37.3 Å². The Bertz CT molecular complexity index is 1180. The molecule has 0 radical (unpaired) electrons. The summed E-state index contributed by atoms with van der Waals surface area (Å²) in [6, 6.07) is 11.3. The van der Waals surface area contributed by atoms with E-state index in [1.165, 1.54) is 4.90 Å². The molecule has 7 nitrogen and oxygen atoms in total. The summed E-state index contributed by atoms with van der Waals surface area (Å²) in [6.45, 7) is 3.06. The number of aryl methyl sites for hydroxylation is 1. The van der Waals surface area contributed by atoms with Gasteiger partial charge in [0.1, 0.15) is 12.6 Å². The molecule has 0 aliphatic heterocycles. The predicted molar refractivity (Wildman–Crippen MR) is 145 cm³/mol. The van der Waals surface area contributed by atoms with Gasteiger partial charge in [-0.05, 0) is 49.9 Å². The van der Waals surface area contributed by atoms with Crippen molar-refractivity contribution in [1.82, 2.24) is 10.2 Å². The fourth-order valence-electron chi connectivity index (χ4n) is 4.48. The van der Waals surface area contributed by atoms with Crippen LogP contribution in [-0.4, -0.2) is 50.0 Å². The maximum absolute atomic E-state index is 13.7. The van der Waals surface area contributed by atoms with E-state index in [1.807, 2.05) is 19.1 Å². The van der Waals surface area contributed by atoms with Crippen LogP contribution in [0.15, 0.2) is 42.5 Å². The fraction of sp³-hybridized carbons (Fsp3) is 0.462. The van der Waals surface area contributed by atoms with E-state index in [9.17, 15) is 18.0 Å². The molecule has 196 valence electrons. The fourth-order valence-corrected chi connectivity index (χ4v) is 5.87. The first-order valence-electron chi connectivity index (χ1n) is 12.1. The molecule has 0 bridgehead atoms. The second-order valence-electron chi connectivity index (χ2n) is 9.14. The number of sulfonamides is 1. The van der Waals surface area contributed by atoms with Crippen LogP contribution in [0.25, 0.3) is 0 Å². The summed E-state index contributed by atoms with van der Waals surface area (Å²) >= 11 is 12.8. The number of para-hydroxylation sites is 1. The quantitative estimate of drug-likeness (QED) is 0.457. The Morgan fingerprint density at radius 1 is 1.06 bits per heavy atom. The number of nitrogens with one attached hydrogen (secondary N) is 1. The molecule has 1 atom stereocenters. The molecule has 36 heavy (non-hydrogen) atoms. The average Bonchev–Trinajstić information content (AvgIpc) is 3.34. The maximum Gasteiger partial charge on any atom is 0.244 e. The molecule has 0 saturated heterocycles. The largest absolute Gasteiger partial charge is 0.352 e. The molecule has 1 aliphatic carbocycles. The predicted octanol–water partition coefficient (Wildman–Crippen LogP) is 4.80. The minimum absolute atomic E-state index is 0.0381. The van der Waals surface area contributed by atoms with Crippen molar-refractivity contribution < 1.29 is 18.0 Å². The molecule has 0 heterocycles. The summed E-state index contributed by atoms with van der Waals surface area (Å²) in [5.74, 6) is -0.824. The highest BCUT2D eigenvalue weighted by Crippen LogP contribution is 2.28. The zero-order valence-corrected chi connectivity index (χ0v) is 23.2. The monoisotopic (exact) mass is 553 g/mol. The van der Waals surface area contributed by atoms with Crippen LogP contribution in [0.5, 0.6) is 0 Å². The number of rotatable bonds is 10. The minimum atomic E-state index is -3.80. The minimum Gasteiger partial charge on any atom is -0.352 e.